The van der Waals surface area contributed by atoms with Crippen LogP contribution in [0.4, 0.5) is 18.9 Å². The molecular formula is C14H14BrF3N2O. The molecule has 1 unspecified atom stereocenters. The Labute approximate surface area is 128 Å². The number of ether oxygens (including phenoxy) is 1. The van der Waals surface area contributed by atoms with Gasteiger partial charge in [0, 0.05) is 23.0 Å². The summed E-state index contributed by atoms with van der Waals surface area (Å²) in [4.78, 5) is 6.18. The van der Waals surface area contributed by atoms with Crippen molar-refractivity contribution >= 4 is 27.5 Å². The lowest BCUT2D eigenvalue weighted by Crippen LogP contribution is -2.40. The van der Waals surface area contributed by atoms with Crippen molar-refractivity contribution in [3.8, 4) is 0 Å². The minimum absolute atomic E-state index is 0.459. The van der Waals surface area contributed by atoms with Gasteiger partial charge in [-0.1, -0.05) is 28.4 Å². The Morgan fingerprint density at radius 2 is 2.05 bits per heavy atom. The molecule has 3 rings (SSSR count). The molecule has 1 aromatic rings. The highest BCUT2D eigenvalue weighted by atomic mass is 79.9. The number of halogens is 4. The monoisotopic (exact) mass is 362 g/mol. The van der Waals surface area contributed by atoms with Crippen LogP contribution in [0.1, 0.15) is 37.5 Å². The quantitative estimate of drug-likeness (QED) is 0.709. The van der Waals surface area contributed by atoms with E-state index in [1.807, 2.05) is 0 Å². The Bertz CT molecular complexity index is 574. The van der Waals surface area contributed by atoms with Crippen LogP contribution in [0, 0.1) is 0 Å². The molecule has 0 N–H and O–H groups in total. The molecule has 0 bridgehead atoms. The van der Waals surface area contributed by atoms with Crippen LogP contribution in [0.2, 0.25) is 0 Å². The number of hydrogen-bond acceptors (Lipinski definition) is 3. The predicted molar refractivity (Wildman–Crippen MR) is 76.3 cm³/mol. The first-order valence-electron chi connectivity index (χ1n) is 6.82. The van der Waals surface area contributed by atoms with Gasteiger partial charge in [0.25, 0.3) is 0 Å². The molecule has 2 heterocycles. The predicted octanol–water partition coefficient (Wildman–Crippen LogP) is 4.90. The number of alkyl halides is 3. The fraction of sp³-hybridized carbons (Fsp3) is 0.500. The van der Waals surface area contributed by atoms with Crippen molar-refractivity contribution in [1.82, 2.24) is 4.90 Å². The van der Waals surface area contributed by atoms with E-state index in [0.717, 1.165) is 23.7 Å². The van der Waals surface area contributed by atoms with Crippen LogP contribution in [-0.4, -0.2) is 23.6 Å². The first kappa shape index (κ1) is 14.8. The van der Waals surface area contributed by atoms with Crippen molar-refractivity contribution in [3.05, 3.63) is 28.2 Å². The average molecular weight is 363 g/mol. The zero-order valence-corrected chi connectivity index (χ0v) is 12.7. The van der Waals surface area contributed by atoms with Crippen molar-refractivity contribution in [3.63, 3.8) is 0 Å². The third kappa shape index (κ3) is 3.23. The Balaban J connectivity index is 2.05. The van der Waals surface area contributed by atoms with Gasteiger partial charge in [0.15, 0.2) is 6.23 Å². The molecule has 3 nitrogen and oxygen atoms in total. The molecule has 1 fully saturated rings. The van der Waals surface area contributed by atoms with E-state index >= 15 is 0 Å². The summed E-state index contributed by atoms with van der Waals surface area (Å²) < 4.78 is 43.5. The summed E-state index contributed by atoms with van der Waals surface area (Å²) >= 11 is 3.33. The highest BCUT2D eigenvalue weighted by Crippen LogP contribution is 2.41. The summed E-state index contributed by atoms with van der Waals surface area (Å²) in [6.45, 7) is 0.537. The van der Waals surface area contributed by atoms with Gasteiger partial charge < -0.3 is 4.90 Å². The zero-order valence-electron chi connectivity index (χ0n) is 11.2. The smallest absolute Gasteiger partial charge is 0.330 e. The molecule has 0 saturated carbocycles. The number of aliphatic imine (C=N–C) groups is 1. The fourth-order valence-electron chi connectivity index (χ4n) is 2.77. The van der Waals surface area contributed by atoms with E-state index in [9.17, 15) is 13.2 Å². The number of nitrogens with zero attached hydrogens (tertiary/aromatic N) is 2. The van der Waals surface area contributed by atoms with Crippen LogP contribution < -0.4 is 0 Å². The van der Waals surface area contributed by atoms with E-state index in [-0.39, 0.29) is 0 Å². The average Bonchev–Trinajstić information content (AvgIpc) is 2.61. The van der Waals surface area contributed by atoms with Crippen LogP contribution in [0.15, 0.2) is 27.7 Å². The minimum Gasteiger partial charge on any atom is -0.330 e. The third-order valence-corrected chi connectivity index (χ3v) is 4.16. The Hall–Kier alpha value is -1.08. The van der Waals surface area contributed by atoms with E-state index in [4.69, 9.17) is 0 Å². The Morgan fingerprint density at radius 3 is 2.81 bits per heavy atom. The molecule has 21 heavy (non-hydrogen) atoms. The molecule has 2 aliphatic heterocycles. The highest BCUT2D eigenvalue weighted by Gasteiger charge is 2.40. The SMILES string of the molecule is FC(F)(F)OC1c2ccc(Br)cc2N=C2CCCCCN21. The summed E-state index contributed by atoms with van der Waals surface area (Å²) in [7, 11) is 0. The molecule has 7 heteroatoms. The number of amidine groups is 1. The summed E-state index contributed by atoms with van der Waals surface area (Å²) in [5.41, 5.74) is 1.01. The van der Waals surface area contributed by atoms with Crippen LogP contribution in [0.3, 0.4) is 0 Å². The largest absolute Gasteiger partial charge is 0.524 e. The molecule has 1 atom stereocenters. The van der Waals surface area contributed by atoms with Crippen molar-refractivity contribution in [2.75, 3.05) is 6.54 Å². The lowest BCUT2D eigenvalue weighted by molar-refractivity contribution is -0.358. The van der Waals surface area contributed by atoms with E-state index in [1.165, 1.54) is 0 Å². The van der Waals surface area contributed by atoms with Crippen molar-refractivity contribution in [1.29, 1.82) is 0 Å². The van der Waals surface area contributed by atoms with Gasteiger partial charge in [-0.3, -0.25) is 4.74 Å². The molecule has 0 radical (unpaired) electrons. The second kappa shape index (κ2) is 5.61. The van der Waals surface area contributed by atoms with Gasteiger partial charge in [0.1, 0.15) is 5.84 Å². The van der Waals surface area contributed by atoms with E-state index in [1.54, 1.807) is 23.1 Å². The topological polar surface area (TPSA) is 24.8 Å². The number of rotatable bonds is 1. The van der Waals surface area contributed by atoms with E-state index < -0.39 is 12.6 Å². The second-order valence-corrected chi connectivity index (χ2v) is 6.07. The Kier molecular flexibility index (Phi) is 3.96. The summed E-state index contributed by atoms with van der Waals surface area (Å²) in [5, 5.41) is 0. The summed E-state index contributed by atoms with van der Waals surface area (Å²) in [6.07, 6.45) is -2.35. The molecular weight excluding hydrogens is 349 g/mol. The highest BCUT2D eigenvalue weighted by molar-refractivity contribution is 9.10. The molecule has 2 aliphatic rings. The summed E-state index contributed by atoms with van der Waals surface area (Å²) in [6, 6.07) is 5.09. The van der Waals surface area contributed by atoms with Gasteiger partial charge >= 0.3 is 6.36 Å². The molecule has 0 spiro atoms. The number of benzene rings is 1. The maximum Gasteiger partial charge on any atom is 0.524 e. The molecule has 0 aliphatic carbocycles. The van der Waals surface area contributed by atoms with E-state index in [2.05, 4.69) is 25.7 Å². The van der Waals surface area contributed by atoms with Crippen molar-refractivity contribution < 1.29 is 17.9 Å². The maximum absolute atomic E-state index is 12.8. The first-order valence-corrected chi connectivity index (χ1v) is 7.61. The molecule has 1 aromatic carbocycles. The van der Waals surface area contributed by atoms with Crippen LogP contribution in [-0.2, 0) is 4.74 Å². The van der Waals surface area contributed by atoms with E-state index in [0.29, 0.717) is 30.1 Å². The van der Waals surface area contributed by atoms with Gasteiger partial charge in [0.2, 0.25) is 0 Å². The number of hydrogen-bond donors (Lipinski definition) is 0. The second-order valence-electron chi connectivity index (χ2n) is 5.15. The van der Waals surface area contributed by atoms with Gasteiger partial charge in [-0.2, -0.15) is 0 Å². The zero-order chi connectivity index (χ0) is 15.0. The van der Waals surface area contributed by atoms with Crippen LogP contribution in [0.5, 0.6) is 0 Å². The van der Waals surface area contributed by atoms with Crippen LogP contribution in [0.25, 0.3) is 0 Å². The maximum atomic E-state index is 12.8. The number of fused-ring (bicyclic) bond motifs is 2. The first-order chi connectivity index (χ1) is 9.94. The minimum atomic E-state index is -4.68. The third-order valence-electron chi connectivity index (χ3n) is 3.67. The Morgan fingerprint density at radius 1 is 1.24 bits per heavy atom. The van der Waals surface area contributed by atoms with Gasteiger partial charge in [-0.25, -0.2) is 4.99 Å². The lowest BCUT2D eigenvalue weighted by atomic mass is 10.1. The van der Waals surface area contributed by atoms with Gasteiger partial charge in [0.05, 0.1) is 5.69 Å². The lowest BCUT2D eigenvalue weighted by Gasteiger charge is -2.37. The fourth-order valence-corrected chi connectivity index (χ4v) is 3.12. The summed E-state index contributed by atoms with van der Waals surface area (Å²) in [5.74, 6) is 0.687. The van der Waals surface area contributed by atoms with Crippen molar-refractivity contribution in [2.45, 2.75) is 38.3 Å². The molecule has 0 amide bonds. The van der Waals surface area contributed by atoms with Gasteiger partial charge in [-0.15, -0.1) is 13.2 Å². The van der Waals surface area contributed by atoms with Gasteiger partial charge in [-0.05, 0) is 25.0 Å². The normalized spacial score (nSPS) is 22.2. The molecule has 1 saturated heterocycles. The standard InChI is InChI=1S/C14H14BrF3N2O/c15-9-5-6-10-11(8-9)19-12-4-2-1-3-7-20(12)13(10)21-14(16,17)18/h5-6,8,13H,1-4,7H2. The van der Waals surface area contributed by atoms with Crippen LogP contribution >= 0.6 is 15.9 Å². The molecule has 114 valence electrons. The van der Waals surface area contributed by atoms with Crippen molar-refractivity contribution in [2.24, 2.45) is 4.99 Å². The molecule has 0 aromatic heterocycles.